The maximum atomic E-state index is 13.9. The fraction of sp³-hybridized carbons (Fsp3) is 0.585. The van der Waals surface area contributed by atoms with Crippen LogP contribution in [0.15, 0.2) is 77.4 Å². The van der Waals surface area contributed by atoms with Gasteiger partial charge in [-0.3, -0.25) is 4.79 Å². The third-order valence-electron chi connectivity index (χ3n) is 11.1. The topological polar surface area (TPSA) is 92.7 Å². The van der Waals surface area contributed by atoms with Gasteiger partial charge in [-0.2, -0.15) is 0 Å². The molecule has 0 aliphatic heterocycles. The van der Waals surface area contributed by atoms with Gasteiger partial charge >= 0.3 is 5.97 Å². The van der Waals surface area contributed by atoms with Crippen molar-refractivity contribution in [2.24, 2.45) is 29.1 Å². The second kappa shape index (κ2) is 17.8. The van der Waals surface area contributed by atoms with E-state index in [0.29, 0.717) is 58.7 Å². The van der Waals surface area contributed by atoms with Crippen LogP contribution in [0, 0.1) is 29.1 Å². The summed E-state index contributed by atoms with van der Waals surface area (Å²) in [5, 5.41) is 12.1. The van der Waals surface area contributed by atoms with Gasteiger partial charge in [0.2, 0.25) is 0 Å². The van der Waals surface area contributed by atoms with Crippen LogP contribution in [0.5, 0.6) is 5.75 Å². The van der Waals surface area contributed by atoms with Gasteiger partial charge in [0.05, 0.1) is 51.7 Å². The van der Waals surface area contributed by atoms with Crippen molar-refractivity contribution in [3.8, 4) is 5.75 Å². The molecule has 7 atom stereocenters. The van der Waals surface area contributed by atoms with Crippen LogP contribution in [0.4, 0.5) is 0 Å². The molecule has 1 unspecified atom stereocenters. The van der Waals surface area contributed by atoms with Gasteiger partial charge in [0.15, 0.2) is 0 Å². The summed E-state index contributed by atoms with van der Waals surface area (Å²) in [5.41, 5.74) is 5.32. The average Bonchev–Trinajstić information content (AvgIpc) is 3.10. The highest BCUT2D eigenvalue weighted by atomic mass is 16.7. The van der Waals surface area contributed by atoms with E-state index >= 15 is 0 Å². The van der Waals surface area contributed by atoms with Crippen LogP contribution in [0.3, 0.4) is 0 Å². The normalized spacial score (nSPS) is 28.0. The van der Waals surface area contributed by atoms with Crippen LogP contribution in [0.25, 0.3) is 0 Å². The highest BCUT2D eigenvalue weighted by molar-refractivity contribution is 5.77. The summed E-state index contributed by atoms with van der Waals surface area (Å²) >= 11 is 0. The molecule has 0 aromatic heterocycles. The molecule has 2 aromatic carbocycles. The number of aliphatic hydroxyl groups is 1. The highest BCUT2D eigenvalue weighted by Crippen LogP contribution is 2.62. The zero-order valence-electron chi connectivity index (χ0n) is 30.0. The maximum absolute atomic E-state index is 13.9. The predicted octanol–water partition coefficient (Wildman–Crippen LogP) is 7.44. The number of ether oxygens (including phenoxy) is 6. The van der Waals surface area contributed by atoms with E-state index in [0.717, 1.165) is 35.3 Å². The number of hydrogen-bond donors (Lipinski definition) is 1. The van der Waals surface area contributed by atoms with Crippen molar-refractivity contribution >= 4 is 5.97 Å². The zero-order valence-corrected chi connectivity index (χ0v) is 30.0. The molecule has 8 nitrogen and oxygen atoms in total. The standard InChI is InChI=1S/C41H56O8/c1-6-48-40(43)35-24-41(3)36-19-14-28(2)39(49-27-44-4)34(36)23-37(42)38(41)33(20-22-47-25-29-11-8-7-9-12-29)32(35)13-10-21-46-26-30-15-17-31(45-5)18-16-30/h7-9,11-12,14-18,34-39,42H,6,10,13,19-27H2,1-5H3/t34-,35+,36+,37?,38-,39-,41-/m0/s1. The third kappa shape index (κ3) is 8.84. The Bertz CT molecular complexity index is 1400. The summed E-state index contributed by atoms with van der Waals surface area (Å²) < 4.78 is 34.9. The number of carbonyl (C=O) groups excluding carboxylic acids is 1. The molecule has 5 rings (SSSR count). The molecule has 8 heteroatoms. The van der Waals surface area contributed by atoms with E-state index in [9.17, 15) is 9.90 Å². The van der Waals surface area contributed by atoms with Crippen LogP contribution >= 0.6 is 0 Å². The van der Waals surface area contributed by atoms with E-state index in [1.54, 1.807) is 14.2 Å². The molecule has 3 aliphatic carbocycles. The number of carbonyl (C=O) groups is 1. The van der Waals surface area contributed by atoms with E-state index in [4.69, 9.17) is 28.4 Å². The SMILES string of the molecule is CCOC(=O)[C@@H]1C[C@@]2(C)[C@@H]3CC=C(C)[C@H](OCOC)[C@H]3CC(O)[C@@H]2C(CCOCc2ccccc2)=C1CCCOCc1ccc(OC)cc1. The number of esters is 1. The van der Waals surface area contributed by atoms with Crippen molar-refractivity contribution in [1.82, 2.24) is 0 Å². The predicted molar refractivity (Wildman–Crippen MR) is 189 cm³/mol. The quantitative estimate of drug-likeness (QED) is 0.0801. The van der Waals surface area contributed by atoms with E-state index < -0.39 is 6.10 Å². The summed E-state index contributed by atoms with van der Waals surface area (Å²) in [6, 6.07) is 18.1. The molecule has 2 aromatic rings. The van der Waals surface area contributed by atoms with Crippen LogP contribution in [-0.2, 0) is 41.7 Å². The number of aliphatic hydroxyl groups excluding tert-OH is 1. The summed E-state index contributed by atoms with van der Waals surface area (Å²) in [6.45, 7) is 8.89. The molecule has 0 radical (unpaired) electrons. The fourth-order valence-corrected chi connectivity index (χ4v) is 8.92. The highest BCUT2D eigenvalue weighted by Gasteiger charge is 2.59. The van der Waals surface area contributed by atoms with Crippen molar-refractivity contribution in [2.45, 2.75) is 84.7 Å². The second-order valence-corrected chi connectivity index (χ2v) is 14.1. The first kappa shape index (κ1) is 37.3. The lowest BCUT2D eigenvalue weighted by atomic mass is 9.46. The molecule has 0 heterocycles. The Balaban J connectivity index is 1.42. The first-order valence-electron chi connectivity index (χ1n) is 18.0. The molecule has 0 amide bonds. The number of methoxy groups -OCH3 is 2. The molecular weight excluding hydrogens is 620 g/mol. The van der Waals surface area contributed by atoms with Crippen LogP contribution in [-0.4, -0.2) is 64.1 Å². The van der Waals surface area contributed by atoms with Gasteiger partial charge in [0, 0.05) is 19.6 Å². The summed E-state index contributed by atoms with van der Waals surface area (Å²) in [7, 11) is 3.30. The number of rotatable bonds is 17. The Morgan fingerprint density at radius 2 is 1.65 bits per heavy atom. The smallest absolute Gasteiger partial charge is 0.313 e. The Morgan fingerprint density at radius 3 is 2.35 bits per heavy atom. The first-order chi connectivity index (χ1) is 23.8. The van der Waals surface area contributed by atoms with Crippen molar-refractivity contribution in [2.75, 3.05) is 40.8 Å². The second-order valence-electron chi connectivity index (χ2n) is 14.1. The number of allylic oxidation sites excluding steroid dienone is 1. The van der Waals surface area contributed by atoms with Crippen molar-refractivity contribution in [3.05, 3.63) is 88.5 Å². The average molecular weight is 677 g/mol. The Kier molecular flexibility index (Phi) is 13.5. The monoisotopic (exact) mass is 676 g/mol. The van der Waals surface area contributed by atoms with Crippen molar-refractivity contribution in [1.29, 1.82) is 0 Å². The fourth-order valence-electron chi connectivity index (χ4n) is 8.92. The lowest BCUT2D eigenvalue weighted by Crippen LogP contribution is -2.58. The van der Waals surface area contributed by atoms with Gasteiger partial charge in [0.1, 0.15) is 12.5 Å². The third-order valence-corrected chi connectivity index (χ3v) is 11.1. The van der Waals surface area contributed by atoms with E-state index in [1.807, 2.05) is 49.4 Å². The number of benzene rings is 2. The van der Waals surface area contributed by atoms with Crippen LogP contribution in [0.1, 0.15) is 70.4 Å². The van der Waals surface area contributed by atoms with Gasteiger partial charge in [-0.25, -0.2) is 0 Å². The van der Waals surface area contributed by atoms with E-state index in [1.165, 1.54) is 11.1 Å². The minimum Gasteiger partial charge on any atom is -0.497 e. The molecule has 3 aliphatic rings. The molecule has 0 saturated heterocycles. The minimum absolute atomic E-state index is 0.0927. The molecule has 0 bridgehead atoms. The Labute approximate surface area is 292 Å². The van der Waals surface area contributed by atoms with Crippen molar-refractivity contribution < 1.29 is 38.3 Å². The zero-order chi connectivity index (χ0) is 34.8. The van der Waals surface area contributed by atoms with Crippen LogP contribution < -0.4 is 4.74 Å². The van der Waals surface area contributed by atoms with E-state index in [-0.39, 0.29) is 48.0 Å². The molecule has 1 fully saturated rings. The van der Waals surface area contributed by atoms with Crippen molar-refractivity contribution in [3.63, 3.8) is 0 Å². The summed E-state index contributed by atoms with van der Waals surface area (Å²) in [4.78, 5) is 13.9. The van der Waals surface area contributed by atoms with Gasteiger partial charge in [0.25, 0.3) is 0 Å². The van der Waals surface area contributed by atoms with E-state index in [2.05, 4.69) is 32.1 Å². The van der Waals surface area contributed by atoms with Crippen LogP contribution in [0.2, 0.25) is 0 Å². The van der Waals surface area contributed by atoms with Gasteiger partial charge < -0.3 is 33.5 Å². The van der Waals surface area contributed by atoms with Gasteiger partial charge in [-0.1, -0.05) is 66.6 Å². The Hall–Kier alpha value is -3.01. The molecule has 1 N–H and O–H groups in total. The maximum Gasteiger partial charge on any atom is 0.313 e. The largest absolute Gasteiger partial charge is 0.497 e. The molecule has 1 saturated carbocycles. The summed E-state index contributed by atoms with van der Waals surface area (Å²) in [6.07, 6.45) is 5.88. The number of hydrogen-bond acceptors (Lipinski definition) is 8. The summed E-state index contributed by atoms with van der Waals surface area (Å²) in [5.74, 6) is 0.526. The molecular formula is C41H56O8. The van der Waals surface area contributed by atoms with Gasteiger partial charge in [-0.05, 0) is 98.5 Å². The molecule has 49 heavy (non-hydrogen) atoms. The Morgan fingerprint density at radius 1 is 0.939 bits per heavy atom. The van der Waals surface area contributed by atoms with Gasteiger partial charge in [-0.15, -0.1) is 0 Å². The minimum atomic E-state index is -0.570. The molecule has 268 valence electrons. The lowest BCUT2D eigenvalue weighted by molar-refractivity contribution is -0.162. The lowest BCUT2D eigenvalue weighted by Gasteiger charge is -2.60. The number of fused-ring (bicyclic) bond motifs is 3. The first-order valence-corrected chi connectivity index (χ1v) is 18.0. The molecule has 0 spiro atoms.